The summed E-state index contributed by atoms with van der Waals surface area (Å²) in [7, 11) is 1.59. The van der Waals surface area contributed by atoms with Crippen LogP contribution in [-0.2, 0) is 4.74 Å². The molecule has 3 N–H and O–H groups in total. The summed E-state index contributed by atoms with van der Waals surface area (Å²) in [6.07, 6.45) is 0.660. The Hall–Kier alpha value is 0.170. The number of ether oxygens (including phenoxy) is 1. The van der Waals surface area contributed by atoms with Gasteiger partial charge in [-0.3, -0.25) is 0 Å². The van der Waals surface area contributed by atoms with Crippen LogP contribution in [0.4, 0.5) is 0 Å². The number of aliphatic hydroxyl groups excluding tert-OH is 1. The van der Waals surface area contributed by atoms with Gasteiger partial charge in [0.2, 0.25) is 0 Å². The van der Waals surface area contributed by atoms with E-state index in [4.69, 9.17) is 15.6 Å². The third-order valence-corrected chi connectivity index (χ3v) is 1.05. The van der Waals surface area contributed by atoms with Crippen LogP contribution in [0.25, 0.3) is 0 Å². The molecule has 0 aromatic heterocycles. The molecule has 3 nitrogen and oxygen atoms in total. The van der Waals surface area contributed by atoms with Gasteiger partial charge in [-0.25, -0.2) is 0 Å². The average Bonchev–Trinajstić information content (AvgIpc) is 1.83. The number of aliphatic hydroxyl groups is 1. The zero-order chi connectivity index (χ0) is 6.41. The topological polar surface area (TPSA) is 55.5 Å². The van der Waals surface area contributed by atoms with Crippen LogP contribution in [0.2, 0.25) is 0 Å². The maximum Gasteiger partial charge on any atom is 0.0715 e. The van der Waals surface area contributed by atoms with E-state index in [1.807, 2.05) is 0 Å². The molecular formula is C5H14ClNO2. The van der Waals surface area contributed by atoms with Gasteiger partial charge in [0.05, 0.1) is 6.10 Å². The Morgan fingerprint density at radius 3 is 2.33 bits per heavy atom. The molecule has 0 heterocycles. The minimum atomic E-state index is 0. The number of rotatable bonds is 4. The van der Waals surface area contributed by atoms with Gasteiger partial charge in [-0.2, -0.15) is 0 Å². The molecule has 1 atom stereocenters. The highest BCUT2D eigenvalue weighted by atomic mass is 35.5. The van der Waals surface area contributed by atoms with E-state index in [-0.39, 0.29) is 25.1 Å². The van der Waals surface area contributed by atoms with Gasteiger partial charge in [0.25, 0.3) is 0 Å². The smallest absolute Gasteiger partial charge is 0.0715 e. The van der Waals surface area contributed by atoms with Crippen LogP contribution < -0.4 is 5.73 Å². The molecule has 0 aromatic rings. The van der Waals surface area contributed by atoms with Crippen LogP contribution in [0.1, 0.15) is 6.42 Å². The summed E-state index contributed by atoms with van der Waals surface area (Å²) < 4.78 is 4.85. The van der Waals surface area contributed by atoms with Gasteiger partial charge in [0, 0.05) is 20.3 Å². The predicted octanol–water partition coefficient (Wildman–Crippen LogP) is -0.236. The number of methoxy groups -OCH3 is 1. The molecular weight excluding hydrogens is 142 g/mol. The minimum Gasteiger partial charge on any atom is -0.396 e. The van der Waals surface area contributed by atoms with E-state index >= 15 is 0 Å². The zero-order valence-corrected chi connectivity index (χ0v) is 6.36. The first-order valence-electron chi connectivity index (χ1n) is 2.68. The maximum atomic E-state index is 8.36. The molecule has 0 bridgehead atoms. The van der Waals surface area contributed by atoms with Crippen molar-refractivity contribution in [2.24, 2.45) is 5.73 Å². The fraction of sp³-hybridized carbons (Fsp3) is 1.00. The van der Waals surface area contributed by atoms with Crippen molar-refractivity contribution >= 4 is 12.4 Å². The molecule has 0 saturated carbocycles. The second-order valence-corrected chi connectivity index (χ2v) is 1.61. The van der Waals surface area contributed by atoms with Crippen molar-refractivity contribution in [1.82, 2.24) is 0 Å². The van der Waals surface area contributed by atoms with Gasteiger partial charge < -0.3 is 15.6 Å². The summed E-state index contributed by atoms with van der Waals surface area (Å²) in [5.74, 6) is 0. The van der Waals surface area contributed by atoms with Crippen LogP contribution in [0.5, 0.6) is 0 Å². The lowest BCUT2D eigenvalue weighted by Crippen LogP contribution is -2.23. The molecule has 4 heteroatoms. The summed E-state index contributed by atoms with van der Waals surface area (Å²) >= 11 is 0. The summed E-state index contributed by atoms with van der Waals surface area (Å²) in [6.45, 7) is 0.632. The molecule has 0 aliphatic carbocycles. The van der Waals surface area contributed by atoms with Crippen LogP contribution >= 0.6 is 12.4 Å². The number of halogens is 1. The van der Waals surface area contributed by atoms with E-state index in [2.05, 4.69) is 0 Å². The highest BCUT2D eigenvalue weighted by Crippen LogP contribution is 1.90. The van der Waals surface area contributed by atoms with E-state index in [1.165, 1.54) is 0 Å². The van der Waals surface area contributed by atoms with E-state index in [1.54, 1.807) is 7.11 Å². The second-order valence-electron chi connectivity index (χ2n) is 1.61. The van der Waals surface area contributed by atoms with Crippen molar-refractivity contribution in [3.05, 3.63) is 0 Å². The molecule has 0 rings (SSSR count). The summed E-state index contributed by atoms with van der Waals surface area (Å²) in [5, 5.41) is 8.36. The van der Waals surface area contributed by atoms with Crippen molar-refractivity contribution in [3.8, 4) is 0 Å². The highest BCUT2D eigenvalue weighted by Gasteiger charge is 2.00. The molecule has 0 saturated heterocycles. The van der Waals surface area contributed by atoms with Gasteiger partial charge >= 0.3 is 0 Å². The number of hydrogen-bond acceptors (Lipinski definition) is 3. The lowest BCUT2D eigenvalue weighted by atomic mass is 10.3. The van der Waals surface area contributed by atoms with E-state index in [0.29, 0.717) is 13.0 Å². The fourth-order valence-electron chi connectivity index (χ4n) is 0.476. The lowest BCUT2D eigenvalue weighted by Gasteiger charge is -2.09. The van der Waals surface area contributed by atoms with Crippen molar-refractivity contribution in [2.45, 2.75) is 12.5 Å². The van der Waals surface area contributed by atoms with Crippen molar-refractivity contribution in [1.29, 1.82) is 0 Å². The normalized spacial score (nSPS) is 12.3. The summed E-state index contributed by atoms with van der Waals surface area (Å²) in [5.41, 5.74) is 5.23. The van der Waals surface area contributed by atoms with Crippen LogP contribution in [0.15, 0.2) is 0 Å². The molecule has 0 fully saturated rings. The van der Waals surface area contributed by atoms with Crippen molar-refractivity contribution in [2.75, 3.05) is 20.3 Å². The number of hydrogen-bond donors (Lipinski definition) is 2. The monoisotopic (exact) mass is 155 g/mol. The highest BCUT2D eigenvalue weighted by molar-refractivity contribution is 5.85. The standard InChI is InChI=1S/C5H13NO2.ClH/c1-8-5(4-6)2-3-7;/h5,7H,2-4,6H2,1H3;1H. The molecule has 0 aliphatic rings. The van der Waals surface area contributed by atoms with Crippen LogP contribution in [0, 0.1) is 0 Å². The third kappa shape index (κ3) is 6.05. The molecule has 58 valence electrons. The van der Waals surface area contributed by atoms with Gasteiger partial charge in [-0.15, -0.1) is 12.4 Å². The first-order chi connectivity index (χ1) is 3.85. The Morgan fingerprint density at radius 2 is 2.22 bits per heavy atom. The first kappa shape index (κ1) is 11.9. The number of nitrogens with two attached hydrogens (primary N) is 1. The summed E-state index contributed by atoms with van der Waals surface area (Å²) in [6, 6.07) is 0. The van der Waals surface area contributed by atoms with Crippen molar-refractivity contribution in [3.63, 3.8) is 0 Å². The van der Waals surface area contributed by atoms with Crippen LogP contribution in [0.3, 0.4) is 0 Å². The Labute approximate surface area is 61.6 Å². The molecule has 1 unspecified atom stereocenters. The van der Waals surface area contributed by atoms with E-state index in [0.717, 1.165) is 0 Å². The Morgan fingerprint density at radius 1 is 1.67 bits per heavy atom. The molecule has 9 heavy (non-hydrogen) atoms. The van der Waals surface area contributed by atoms with Gasteiger partial charge in [0.15, 0.2) is 0 Å². The third-order valence-electron chi connectivity index (χ3n) is 1.05. The minimum absolute atomic E-state index is 0. The molecule has 0 aliphatic heterocycles. The van der Waals surface area contributed by atoms with Gasteiger partial charge in [-0.1, -0.05) is 0 Å². The Kier molecular flexibility index (Phi) is 10.8. The van der Waals surface area contributed by atoms with Gasteiger partial charge in [0.1, 0.15) is 0 Å². The first-order valence-corrected chi connectivity index (χ1v) is 2.68. The molecule has 0 aromatic carbocycles. The quantitative estimate of drug-likeness (QED) is 0.590. The SMILES string of the molecule is COC(CN)CCO.Cl. The van der Waals surface area contributed by atoms with E-state index < -0.39 is 0 Å². The average molecular weight is 156 g/mol. The van der Waals surface area contributed by atoms with E-state index in [9.17, 15) is 0 Å². The zero-order valence-electron chi connectivity index (χ0n) is 5.54. The van der Waals surface area contributed by atoms with Crippen LogP contribution in [-0.4, -0.2) is 31.5 Å². The van der Waals surface area contributed by atoms with Gasteiger partial charge in [-0.05, 0) is 6.42 Å². The van der Waals surface area contributed by atoms with Crippen molar-refractivity contribution < 1.29 is 9.84 Å². The molecule has 0 amide bonds. The maximum absolute atomic E-state index is 8.36. The summed E-state index contributed by atoms with van der Waals surface area (Å²) in [4.78, 5) is 0. The fourth-order valence-corrected chi connectivity index (χ4v) is 0.476. The Balaban J connectivity index is 0. The second kappa shape index (κ2) is 8.17. The predicted molar refractivity (Wildman–Crippen MR) is 38.8 cm³/mol. The lowest BCUT2D eigenvalue weighted by molar-refractivity contribution is 0.0840. The Bertz CT molecular complexity index is 50.2. The molecule has 0 spiro atoms. The largest absolute Gasteiger partial charge is 0.396 e. The molecule has 0 radical (unpaired) electrons.